The van der Waals surface area contributed by atoms with Gasteiger partial charge in [0.25, 0.3) is 0 Å². The molecule has 0 aliphatic carbocycles. The molecule has 1 aromatic carbocycles. The standard InChI is InChI=1S/C16H21FN2O4/c1-2-22-16(20)19(10-13-11-23-13)12-3-4-15(14(17)9-12)18-5-7-21-8-6-18/h3-4,9,13H,2,5-8,10-11H2,1H3. The van der Waals surface area contributed by atoms with Gasteiger partial charge >= 0.3 is 6.09 Å². The molecule has 7 heteroatoms. The van der Waals surface area contributed by atoms with Crippen molar-refractivity contribution in [1.29, 1.82) is 0 Å². The van der Waals surface area contributed by atoms with Crippen molar-refractivity contribution < 1.29 is 23.4 Å². The maximum atomic E-state index is 14.5. The number of hydrogen-bond donors (Lipinski definition) is 0. The highest BCUT2D eigenvalue weighted by molar-refractivity contribution is 5.88. The maximum absolute atomic E-state index is 14.5. The van der Waals surface area contributed by atoms with Crippen molar-refractivity contribution in [2.75, 3.05) is 55.9 Å². The van der Waals surface area contributed by atoms with Crippen LogP contribution in [0.2, 0.25) is 0 Å². The van der Waals surface area contributed by atoms with E-state index in [-0.39, 0.29) is 18.5 Å². The van der Waals surface area contributed by atoms with Crippen molar-refractivity contribution >= 4 is 17.5 Å². The van der Waals surface area contributed by atoms with E-state index >= 15 is 0 Å². The monoisotopic (exact) mass is 324 g/mol. The Bertz CT molecular complexity index is 559. The molecule has 0 aromatic heterocycles. The number of halogens is 1. The maximum Gasteiger partial charge on any atom is 0.414 e. The molecule has 2 saturated heterocycles. The minimum atomic E-state index is -0.485. The summed E-state index contributed by atoms with van der Waals surface area (Å²) >= 11 is 0. The molecule has 23 heavy (non-hydrogen) atoms. The smallest absolute Gasteiger partial charge is 0.414 e. The van der Waals surface area contributed by atoms with E-state index in [1.165, 1.54) is 11.0 Å². The molecule has 2 fully saturated rings. The summed E-state index contributed by atoms with van der Waals surface area (Å²) in [5.41, 5.74) is 1.01. The predicted octanol–water partition coefficient (Wildman–Crippen LogP) is 2.02. The van der Waals surface area contributed by atoms with Gasteiger partial charge in [-0.15, -0.1) is 0 Å². The molecule has 6 nitrogen and oxygen atoms in total. The normalized spacial score (nSPS) is 20.3. The minimum Gasteiger partial charge on any atom is -0.449 e. The average Bonchev–Trinajstić information content (AvgIpc) is 3.37. The number of hydrogen-bond acceptors (Lipinski definition) is 5. The zero-order valence-corrected chi connectivity index (χ0v) is 13.2. The van der Waals surface area contributed by atoms with Crippen LogP contribution in [0.3, 0.4) is 0 Å². The first-order valence-corrected chi connectivity index (χ1v) is 7.87. The third-order valence-electron chi connectivity index (χ3n) is 3.87. The average molecular weight is 324 g/mol. The lowest BCUT2D eigenvalue weighted by Gasteiger charge is -2.30. The molecule has 1 amide bonds. The summed E-state index contributed by atoms with van der Waals surface area (Å²) in [6, 6.07) is 4.83. The number of epoxide rings is 1. The fourth-order valence-corrected chi connectivity index (χ4v) is 2.59. The van der Waals surface area contributed by atoms with Gasteiger partial charge in [-0.3, -0.25) is 4.90 Å². The fraction of sp³-hybridized carbons (Fsp3) is 0.562. The quantitative estimate of drug-likeness (QED) is 0.776. The van der Waals surface area contributed by atoms with Crippen LogP contribution in [0.25, 0.3) is 0 Å². The molecule has 0 N–H and O–H groups in total. The van der Waals surface area contributed by atoms with Crippen LogP contribution in [0, 0.1) is 5.82 Å². The first-order chi connectivity index (χ1) is 11.2. The second-order valence-corrected chi connectivity index (χ2v) is 5.50. The Morgan fingerprint density at radius 1 is 1.43 bits per heavy atom. The van der Waals surface area contributed by atoms with Crippen LogP contribution in [-0.2, 0) is 14.2 Å². The summed E-state index contributed by atoms with van der Waals surface area (Å²) in [6.45, 7) is 5.51. The molecular weight excluding hydrogens is 303 g/mol. The summed E-state index contributed by atoms with van der Waals surface area (Å²) in [6.07, 6.45) is -0.483. The SMILES string of the molecule is CCOC(=O)N(CC1CO1)c1ccc(N2CCOCC2)c(F)c1. The second kappa shape index (κ2) is 7.14. The summed E-state index contributed by atoms with van der Waals surface area (Å²) in [7, 11) is 0. The number of amides is 1. The van der Waals surface area contributed by atoms with E-state index in [2.05, 4.69) is 0 Å². The van der Waals surface area contributed by atoms with Crippen molar-refractivity contribution in [2.24, 2.45) is 0 Å². The van der Waals surface area contributed by atoms with E-state index in [1.54, 1.807) is 19.1 Å². The van der Waals surface area contributed by atoms with Crippen molar-refractivity contribution in [1.82, 2.24) is 0 Å². The van der Waals surface area contributed by atoms with E-state index in [1.807, 2.05) is 4.90 Å². The Kier molecular flexibility index (Phi) is 4.97. The van der Waals surface area contributed by atoms with E-state index in [0.717, 1.165) is 0 Å². The van der Waals surface area contributed by atoms with Gasteiger partial charge in [-0.25, -0.2) is 9.18 Å². The predicted molar refractivity (Wildman–Crippen MR) is 83.5 cm³/mol. The Hall–Kier alpha value is -1.86. The van der Waals surface area contributed by atoms with Gasteiger partial charge in [-0.2, -0.15) is 0 Å². The highest BCUT2D eigenvalue weighted by Gasteiger charge is 2.30. The van der Waals surface area contributed by atoms with Gasteiger partial charge in [0, 0.05) is 13.1 Å². The zero-order valence-electron chi connectivity index (χ0n) is 13.2. The van der Waals surface area contributed by atoms with E-state index in [4.69, 9.17) is 14.2 Å². The lowest BCUT2D eigenvalue weighted by molar-refractivity contribution is 0.122. The molecule has 0 spiro atoms. The number of nitrogens with zero attached hydrogens (tertiary/aromatic N) is 2. The van der Waals surface area contributed by atoms with Gasteiger partial charge in [-0.05, 0) is 25.1 Å². The van der Waals surface area contributed by atoms with E-state index < -0.39 is 6.09 Å². The minimum absolute atomic E-state index is 0.00128. The number of morpholine rings is 1. The van der Waals surface area contributed by atoms with Gasteiger partial charge in [0.2, 0.25) is 0 Å². The van der Waals surface area contributed by atoms with Crippen molar-refractivity contribution in [3.05, 3.63) is 24.0 Å². The molecule has 126 valence electrons. The molecule has 0 bridgehead atoms. The summed E-state index contributed by atoms with van der Waals surface area (Å²) < 4.78 is 30.0. The number of ether oxygens (including phenoxy) is 3. The van der Waals surface area contributed by atoms with Gasteiger partial charge < -0.3 is 19.1 Å². The Morgan fingerprint density at radius 3 is 2.78 bits per heavy atom. The fourth-order valence-electron chi connectivity index (χ4n) is 2.59. The van der Waals surface area contributed by atoms with Gasteiger partial charge in [0.15, 0.2) is 0 Å². The first kappa shape index (κ1) is 16.0. The Balaban J connectivity index is 1.79. The summed E-state index contributed by atoms with van der Waals surface area (Å²) in [5, 5.41) is 0. The van der Waals surface area contributed by atoms with Crippen LogP contribution >= 0.6 is 0 Å². The Labute approximate surface area is 134 Å². The van der Waals surface area contributed by atoms with E-state index in [9.17, 15) is 9.18 Å². The van der Waals surface area contributed by atoms with Crippen molar-refractivity contribution in [2.45, 2.75) is 13.0 Å². The molecule has 2 heterocycles. The zero-order chi connectivity index (χ0) is 16.2. The van der Waals surface area contributed by atoms with Gasteiger partial charge in [0.05, 0.1) is 50.5 Å². The molecule has 2 aliphatic rings. The molecule has 1 unspecified atom stereocenters. The lowest BCUT2D eigenvalue weighted by Crippen LogP contribution is -2.37. The molecule has 3 rings (SSSR count). The molecular formula is C16H21FN2O4. The number of rotatable bonds is 5. The van der Waals surface area contributed by atoms with E-state index in [0.29, 0.717) is 50.8 Å². The Morgan fingerprint density at radius 2 is 2.17 bits per heavy atom. The number of anilines is 2. The molecule has 0 saturated carbocycles. The van der Waals surface area contributed by atoms with Crippen molar-refractivity contribution in [3.63, 3.8) is 0 Å². The van der Waals surface area contributed by atoms with Crippen LogP contribution in [0.1, 0.15) is 6.92 Å². The van der Waals surface area contributed by atoms with Crippen LogP contribution < -0.4 is 9.80 Å². The number of benzene rings is 1. The topological polar surface area (TPSA) is 54.5 Å². The first-order valence-electron chi connectivity index (χ1n) is 7.87. The molecule has 0 radical (unpaired) electrons. The van der Waals surface area contributed by atoms with Crippen molar-refractivity contribution in [3.8, 4) is 0 Å². The molecule has 2 aliphatic heterocycles. The second-order valence-electron chi connectivity index (χ2n) is 5.50. The van der Waals surface area contributed by atoms with Gasteiger partial charge in [-0.1, -0.05) is 0 Å². The van der Waals surface area contributed by atoms with Gasteiger partial charge in [0.1, 0.15) is 5.82 Å². The molecule has 1 aromatic rings. The molecule has 1 atom stereocenters. The van der Waals surface area contributed by atoms with Crippen LogP contribution in [0.5, 0.6) is 0 Å². The highest BCUT2D eigenvalue weighted by Crippen LogP contribution is 2.27. The summed E-state index contributed by atoms with van der Waals surface area (Å²) in [5.74, 6) is -0.351. The third kappa shape index (κ3) is 3.92. The summed E-state index contributed by atoms with van der Waals surface area (Å²) in [4.78, 5) is 15.5. The van der Waals surface area contributed by atoms with Crippen LogP contribution in [-0.4, -0.2) is 58.3 Å². The number of carbonyl (C=O) groups excluding carboxylic acids is 1. The van der Waals surface area contributed by atoms with Crippen LogP contribution in [0.15, 0.2) is 18.2 Å². The number of carbonyl (C=O) groups is 1. The largest absolute Gasteiger partial charge is 0.449 e. The highest BCUT2D eigenvalue weighted by atomic mass is 19.1. The van der Waals surface area contributed by atoms with Crippen LogP contribution in [0.4, 0.5) is 20.6 Å². The third-order valence-corrected chi connectivity index (χ3v) is 3.87. The lowest BCUT2D eigenvalue weighted by atomic mass is 10.2.